The van der Waals surface area contributed by atoms with Crippen molar-refractivity contribution in [2.45, 2.75) is 33.7 Å². The third-order valence-electron chi connectivity index (χ3n) is 2.85. The van der Waals surface area contributed by atoms with Gasteiger partial charge in [0.15, 0.2) is 0 Å². The van der Waals surface area contributed by atoms with E-state index in [1.54, 1.807) is 11.1 Å². The molecular formula is C13H22N4O2. The first-order chi connectivity index (χ1) is 9.12. The summed E-state index contributed by atoms with van der Waals surface area (Å²) < 4.78 is 1.19. The van der Waals surface area contributed by atoms with Crippen molar-refractivity contribution in [2.24, 2.45) is 0 Å². The molecule has 0 aliphatic carbocycles. The summed E-state index contributed by atoms with van der Waals surface area (Å²) in [5, 5.41) is 7.11. The highest BCUT2D eigenvalue weighted by Crippen LogP contribution is 2.00. The first-order valence-corrected chi connectivity index (χ1v) is 6.71. The zero-order valence-corrected chi connectivity index (χ0v) is 11.8. The van der Waals surface area contributed by atoms with E-state index in [-0.39, 0.29) is 18.0 Å². The van der Waals surface area contributed by atoms with Crippen molar-refractivity contribution < 1.29 is 4.79 Å². The fraction of sp³-hybridized carbons (Fsp3) is 0.615. The van der Waals surface area contributed by atoms with Gasteiger partial charge in [-0.1, -0.05) is 6.92 Å². The highest BCUT2D eigenvalue weighted by Gasteiger charge is 2.11. The number of hydrogen-bond donors (Lipinski definition) is 1. The van der Waals surface area contributed by atoms with Crippen LogP contribution in [0.2, 0.25) is 0 Å². The van der Waals surface area contributed by atoms with Crippen LogP contribution in [0.1, 0.15) is 27.2 Å². The fourth-order valence-electron chi connectivity index (χ4n) is 1.72. The van der Waals surface area contributed by atoms with Crippen molar-refractivity contribution in [1.82, 2.24) is 14.7 Å². The van der Waals surface area contributed by atoms with Crippen LogP contribution < -0.4 is 10.9 Å². The monoisotopic (exact) mass is 266 g/mol. The highest BCUT2D eigenvalue weighted by atomic mass is 16.2. The van der Waals surface area contributed by atoms with Gasteiger partial charge in [0.1, 0.15) is 6.54 Å². The average molecular weight is 266 g/mol. The summed E-state index contributed by atoms with van der Waals surface area (Å²) in [6.07, 6.45) is 2.55. The van der Waals surface area contributed by atoms with Crippen LogP contribution in [0.4, 0.5) is 5.69 Å². The number of nitrogens with one attached hydrogen (secondary N) is 1. The maximum atomic E-state index is 11.9. The second-order valence-corrected chi connectivity index (χ2v) is 4.23. The van der Waals surface area contributed by atoms with E-state index in [1.807, 2.05) is 20.8 Å². The molecule has 0 radical (unpaired) electrons. The van der Waals surface area contributed by atoms with E-state index < -0.39 is 0 Å². The molecule has 1 amide bonds. The summed E-state index contributed by atoms with van der Waals surface area (Å²) in [7, 11) is 0. The van der Waals surface area contributed by atoms with Gasteiger partial charge in [0.2, 0.25) is 5.91 Å². The lowest BCUT2D eigenvalue weighted by molar-refractivity contribution is -0.131. The third-order valence-corrected chi connectivity index (χ3v) is 2.85. The number of carbonyl (C=O) groups is 1. The van der Waals surface area contributed by atoms with E-state index in [2.05, 4.69) is 10.4 Å². The SMILES string of the molecule is CCCNc1cnn(CC(=O)N(CC)CC)c(=O)c1. The van der Waals surface area contributed by atoms with Gasteiger partial charge in [-0.15, -0.1) is 0 Å². The molecule has 1 aromatic rings. The molecule has 0 unspecified atom stereocenters. The number of nitrogens with zero attached hydrogens (tertiary/aromatic N) is 3. The molecule has 0 saturated carbocycles. The van der Waals surface area contributed by atoms with E-state index in [1.165, 1.54) is 10.7 Å². The van der Waals surface area contributed by atoms with Crippen molar-refractivity contribution in [3.8, 4) is 0 Å². The Balaban J connectivity index is 2.74. The predicted molar refractivity (Wildman–Crippen MR) is 75.2 cm³/mol. The van der Waals surface area contributed by atoms with Gasteiger partial charge < -0.3 is 10.2 Å². The summed E-state index contributed by atoms with van der Waals surface area (Å²) in [6.45, 7) is 7.94. The Labute approximate surface area is 113 Å². The van der Waals surface area contributed by atoms with Gasteiger partial charge in [-0.2, -0.15) is 5.10 Å². The Kier molecular flexibility index (Phi) is 6.05. The fourth-order valence-corrected chi connectivity index (χ4v) is 1.72. The summed E-state index contributed by atoms with van der Waals surface area (Å²) in [6, 6.07) is 1.47. The van der Waals surface area contributed by atoms with Crippen LogP contribution in [-0.4, -0.2) is 40.2 Å². The maximum Gasteiger partial charge on any atom is 0.269 e. The van der Waals surface area contributed by atoms with E-state index in [0.29, 0.717) is 18.8 Å². The van der Waals surface area contributed by atoms with Crippen molar-refractivity contribution in [2.75, 3.05) is 25.0 Å². The normalized spacial score (nSPS) is 10.3. The van der Waals surface area contributed by atoms with Crippen LogP contribution in [0.3, 0.4) is 0 Å². The summed E-state index contributed by atoms with van der Waals surface area (Å²) in [4.78, 5) is 25.4. The van der Waals surface area contributed by atoms with E-state index >= 15 is 0 Å². The highest BCUT2D eigenvalue weighted by molar-refractivity contribution is 5.75. The maximum absolute atomic E-state index is 11.9. The van der Waals surface area contributed by atoms with Gasteiger partial charge in [0.25, 0.3) is 5.56 Å². The number of likely N-dealkylation sites (N-methyl/N-ethyl adjacent to an activating group) is 1. The van der Waals surface area contributed by atoms with Crippen molar-refractivity contribution in [1.29, 1.82) is 0 Å². The largest absolute Gasteiger partial charge is 0.384 e. The summed E-state index contributed by atoms with van der Waals surface area (Å²) >= 11 is 0. The Morgan fingerprint density at radius 2 is 2.05 bits per heavy atom. The molecule has 6 nitrogen and oxygen atoms in total. The average Bonchev–Trinajstić information content (AvgIpc) is 2.40. The van der Waals surface area contributed by atoms with E-state index in [9.17, 15) is 9.59 Å². The Hall–Kier alpha value is -1.85. The van der Waals surface area contributed by atoms with Gasteiger partial charge in [0, 0.05) is 25.7 Å². The Morgan fingerprint density at radius 3 is 2.58 bits per heavy atom. The van der Waals surface area contributed by atoms with Gasteiger partial charge in [-0.05, 0) is 20.3 Å². The molecule has 1 rings (SSSR count). The Bertz CT molecular complexity index is 466. The lowest BCUT2D eigenvalue weighted by Gasteiger charge is -2.18. The first-order valence-electron chi connectivity index (χ1n) is 6.71. The van der Waals surface area contributed by atoms with Gasteiger partial charge in [-0.25, -0.2) is 4.68 Å². The van der Waals surface area contributed by atoms with Gasteiger partial charge in [0.05, 0.1) is 11.9 Å². The zero-order chi connectivity index (χ0) is 14.3. The lowest BCUT2D eigenvalue weighted by Crippen LogP contribution is -2.37. The topological polar surface area (TPSA) is 67.2 Å². The number of aromatic nitrogens is 2. The van der Waals surface area contributed by atoms with E-state index in [4.69, 9.17) is 0 Å². The Morgan fingerprint density at radius 1 is 1.37 bits per heavy atom. The van der Waals surface area contributed by atoms with Crippen LogP contribution in [0.25, 0.3) is 0 Å². The quantitative estimate of drug-likeness (QED) is 0.797. The van der Waals surface area contributed by atoms with Crippen LogP contribution in [-0.2, 0) is 11.3 Å². The summed E-state index contributed by atoms with van der Waals surface area (Å²) in [5.41, 5.74) is 0.431. The van der Waals surface area contributed by atoms with Crippen LogP contribution in [0.15, 0.2) is 17.1 Å². The molecule has 0 bridgehead atoms. The molecule has 0 aliphatic heterocycles. The molecule has 106 valence electrons. The molecular weight excluding hydrogens is 244 g/mol. The molecule has 0 atom stereocenters. The molecule has 0 aliphatic rings. The van der Waals surface area contributed by atoms with Gasteiger partial charge >= 0.3 is 0 Å². The zero-order valence-electron chi connectivity index (χ0n) is 11.8. The number of anilines is 1. The molecule has 0 aromatic carbocycles. The minimum absolute atomic E-state index is 0.00539. The second kappa shape index (κ2) is 7.56. The van der Waals surface area contributed by atoms with Crippen molar-refractivity contribution in [3.05, 3.63) is 22.6 Å². The molecule has 0 fully saturated rings. The van der Waals surface area contributed by atoms with Crippen LogP contribution >= 0.6 is 0 Å². The minimum Gasteiger partial charge on any atom is -0.384 e. The first kappa shape index (κ1) is 15.2. The molecule has 1 aromatic heterocycles. The van der Waals surface area contributed by atoms with E-state index in [0.717, 1.165) is 13.0 Å². The minimum atomic E-state index is -0.262. The van der Waals surface area contributed by atoms with Crippen molar-refractivity contribution >= 4 is 11.6 Å². The molecule has 19 heavy (non-hydrogen) atoms. The van der Waals surface area contributed by atoms with Gasteiger partial charge in [-0.3, -0.25) is 9.59 Å². The molecule has 0 saturated heterocycles. The number of amides is 1. The molecule has 1 heterocycles. The number of carbonyl (C=O) groups excluding carboxylic acids is 1. The third kappa shape index (κ3) is 4.39. The molecule has 1 N–H and O–H groups in total. The predicted octanol–water partition coefficient (Wildman–Crippen LogP) is 0.934. The van der Waals surface area contributed by atoms with Crippen molar-refractivity contribution in [3.63, 3.8) is 0 Å². The molecule has 6 heteroatoms. The van der Waals surface area contributed by atoms with Crippen LogP contribution in [0.5, 0.6) is 0 Å². The molecule has 0 spiro atoms. The standard InChI is InChI=1S/C13H22N4O2/c1-4-7-14-11-8-12(18)17(15-9-11)10-13(19)16(5-2)6-3/h8-9,14H,4-7,10H2,1-3H3. The summed E-state index contributed by atoms with van der Waals surface area (Å²) in [5.74, 6) is -0.0890. The number of hydrogen-bond acceptors (Lipinski definition) is 4. The second-order valence-electron chi connectivity index (χ2n) is 4.23. The number of rotatable bonds is 7. The smallest absolute Gasteiger partial charge is 0.269 e. The van der Waals surface area contributed by atoms with Crippen LogP contribution in [0, 0.1) is 0 Å². The lowest BCUT2D eigenvalue weighted by atomic mass is 10.4.